The molecular weight excluding hydrogens is 360 g/mol. The standard InChI is InChI=1S/C22H27ClN2O2/c1-16(26)25(20-12-8-6-10-18(20)22(2,3)4)14-13-21(27)24-15-17-9-5-7-11-19(17)23/h5-12H,13-15H2,1-4H3,(H,24,27). The van der Waals surface area contributed by atoms with Crippen LogP contribution in [0.4, 0.5) is 5.69 Å². The zero-order valence-corrected chi connectivity index (χ0v) is 17.1. The Bertz CT molecular complexity index is 812. The van der Waals surface area contributed by atoms with Crippen molar-refractivity contribution in [2.45, 2.75) is 46.1 Å². The molecule has 0 radical (unpaired) electrons. The monoisotopic (exact) mass is 386 g/mol. The van der Waals surface area contributed by atoms with Crippen molar-refractivity contribution in [1.29, 1.82) is 0 Å². The van der Waals surface area contributed by atoms with Crippen molar-refractivity contribution in [1.82, 2.24) is 5.32 Å². The molecular formula is C22H27ClN2O2. The van der Waals surface area contributed by atoms with Crippen molar-refractivity contribution >= 4 is 29.1 Å². The van der Waals surface area contributed by atoms with E-state index in [0.29, 0.717) is 18.1 Å². The van der Waals surface area contributed by atoms with Crippen molar-refractivity contribution in [2.24, 2.45) is 0 Å². The van der Waals surface area contributed by atoms with Gasteiger partial charge in [-0.15, -0.1) is 0 Å². The van der Waals surface area contributed by atoms with Crippen LogP contribution in [-0.2, 0) is 21.5 Å². The highest BCUT2D eigenvalue weighted by Crippen LogP contribution is 2.32. The van der Waals surface area contributed by atoms with E-state index < -0.39 is 0 Å². The molecule has 0 saturated heterocycles. The second kappa shape index (κ2) is 9.05. The SMILES string of the molecule is CC(=O)N(CCC(=O)NCc1ccccc1Cl)c1ccccc1C(C)(C)C. The third-order valence-electron chi connectivity index (χ3n) is 4.38. The predicted molar refractivity (Wildman–Crippen MR) is 111 cm³/mol. The lowest BCUT2D eigenvalue weighted by Crippen LogP contribution is -2.35. The first-order valence-corrected chi connectivity index (χ1v) is 9.45. The van der Waals surface area contributed by atoms with E-state index in [1.807, 2.05) is 42.5 Å². The summed E-state index contributed by atoms with van der Waals surface area (Å²) in [7, 11) is 0. The van der Waals surface area contributed by atoms with Crippen molar-refractivity contribution < 1.29 is 9.59 Å². The van der Waals surface area contributed by atoms with Gasteiger partial charge in [0.1, 0.15) is 0 Å². The summed E-state index contributed by atoms with van der Waals surface area (Å²) in [5.74, 6) is -0.194. The highest BCUT2D eigenvalue weighted by Gasteiger charge is 2.23. The lowest BCUT2D eigenvalue weighted by molar-refractivity contribution is -0.121. The fourth-order valence-electron chi connectivity index (χ4n) is 2.93. The average molecular weight is 387 g/mol. The summed E-state index contributed by atoms with van der Waals surface area (Å²) < 4.78 is 0. The zero-order chi connectivity index (χ0) is 20.0. The molecule has 0 aromatic heterocycles. The Morgan fingerprint density at radius 1 is 1.04 bits per heavy atom. The Morgan fingerprint density at radius 3 is 2.30 bits per heavy atom. The number of hydrogen-bond donors (Lipinski definition) is 1. The molecule has 0 unspecified atom stereocenters. The van der Waals surface area contributed by atoms with E-state index in [1.165, 1.54) is 6.92 Å². The lowest BCUT2D eigenvalue weighted by atomic mass is 9.85. The van der Waals surface area contributed by atoms with Crippen LogP contribution in [0.15, 0.2) is 48.5 Å². The van der Waals surface area contributed by atoms with E-state index in [9.17, 15) is 9.59 Å². The maximum Gasteiger partial charge on any atom is 0.223 e. The third kappa shape index (κ3) is 5.83. The quantitative estimate of drug-likeness (QED) is 0.782. The summed E-state index contributed by atoms with van der Waals surface area (Å²) in [5, 5.41) is 3.50. The lowest BCUT2D eigenvalue weighted by Gasteiger charge is -2.29. The molecule has 0 aliphatic rings. The fraction of sp³-hybridized carbons (Fsp3) is 0.364. The van der Waals surface area contributed by atoms with E-state index in [0.717, 1.165) is 16.8 Å². The van der Waals surface area contributed by atoms with E-state index in [4.69, 9.17) is 11.6 Å². The molecule has 2 amide bonds. The molecule has 2 rings (SSSR count). The van der Waals surface area contributed by atoms with Crippen LogP contribution >= 0.6 is 11.6 Å². The largest absolute Gasteiger partial charge is 0.352 e. The molecule has 4 nitrogen and oxygen atoms in total. The summed E-state index contributed by atoms with van der Waals surface area (Å²) >= 11 is 6.11. The zero-order valence-electron chi connectivity index (χ0n) is 16.4. The molecule has 0 aliphatic heterocycles. The first kappa shape index (κ1) is 21.0. The molecule has 0 bridgehead atoms. The van der Waals surface area contributed by atoms with Crippen LogP contribution in [0.2, 0.25) is 5.02 Å². The van der Waals surface area contributed by atoms with Gasteiger partial charge in [0.2, 0.25) is 11.8 Å². The Labute approximate surface area is 166 Å². The van der Waals surface area contributed by atoms with Crippen LogP contribution in [0.1, 0.15) is 45.2 Å². The van der Waals surface area contributed by atoms with Crippen LogP contribution in [0.25, 0.3) is 0 Å². The minimum atomic E-state index is -0.116. The molecule has 0 saturated carbocycles. The van der Waals surface area contributed by atoms with Gasteiger partial charge >= 0.3 is 0 Å². The minimum Gasteiger partial charge on any atom is -0.352 e. The van der Waals surface area contributed by atoms with Crippen LogP contribution < -0.4 is 10.2 Å². The van der Waals surface area contributed by atoms with Crippen LogP contribution in [0.5, 0.6) is 0 Å². The van der Waals surface area contributed by atoms with E-state index in [1.54, 1.807) is 11.0 Å². The number of halogens is 1. The van der Waals surface area contributed by atoms with E-state index in [-0.39, 0.29) is 23.7 Å². The predicted octanol–water partition coefficient (Wildman–Crippen LogP) is 4.70. The molecule has 0 heterocycles. The summed E-state index contributed by atoms with van der Waals surface area (Å²) in [4.78, 5) is 26.2. The number of rotatable bonds is 6. The Morgan fingerprint density at radius 2 is 1.67 bits per heavy atom. The molecule has 2 aromatic carbocycles. The number of para-hydroxylation sites is 1. The fourth-order valence-corrected chi connectivity index (χ4v) is 3.13. The normalized spacial score (nSPS) is 11.1. The topological polar surface area (TPSA) is 49.4 Å². The summed E-state index contributed by atoms with van der Waals surface area (Å²) in [6.07, 6.45) is 0.225. The number of carbonyl (C=O) groups is 2. The molecule has 0 atom stereocenters. The highest BCUT2D eigenvalue weighted by atomic mass is 35.5. The smallest absolute Gasteiger partial charge is 0.223 e. The van der Waals surface area contributed by atoms with Crippen LogP contribution in [0, 0.1) is 0 Å². The third-order valence-corrected chi connectivity index (χ3v) is 4.75. The molecule has 0 fully saturated rings. The number of carbonyl (C=O) groups excluding carboxylic acids is 2. The number of anilines is 1. The van der Waals surface area contributed by atoms with Gasteiger partial charge in [-0.05, 0) is 28.7 Å². The van der Waals surface area contributed by atoms with Gasteiger partial charge in [0.25, 0.3) is 0 Å². The Balaban J connectivity index is 2.04. The Kier molecular flexibility index (Phi) is 7.03. The van der Waals surface area contributed by atoms with Crippen molar-refractivity contribution in [3.8, 4) is 0 Å². The second-order valence-electron chi connectivity index (χ2n) is 7.56. The summed E-state index contributed by atoms with van der Waals surface area (Å²) in [6, 6.07) is 15.3. The average Bonchev–Trinajstić information content (AvgIpc) is 2.60. The van der Waals surface area contributed by atoms with Gasteiger partial charge in [-0.25, -0.2) is 0 Å². The van der Waals surface area contributed by atoms with Gasteiger partial charge in [0.15, 0.2) is 0 Å². The van der Waals surface area contributed by atoms with Gasteiger partial charge in [0, 0.05) is 37.1 Å². The van der Waals surface area contributed by atoms with E-state index >= 15 is 0 Å². The number of benzene rings is 2. The van der Waals surface area contributed by atoms with Gasteiger partial charge in [-0.2, -0.15) is 0 Å². The molecule has 5 heteroatoms. The molecule has 0 aliphatic carbocycles. The van der Waals surface area contributed by atoms with Gasteiger partial charge in [-0.1, -0.05) is 68.8 Å². The number of amides is 2. The second-order valence-corrected chi connectivity index (χ2v) is 7.96. The number of hydrogen-bond acceptors (Lipinski definition) is 2. The van der Waals surface area contributed by atoms with Crippen LogP contribution in [-0.4, -0.2) is 18.4 Å². The number of nitrogens with zero attached hydrogens (tertiary/aromatic N) is 1. The molecule has 144 valence electrons. The van der Waals surface area contributed by atoms with Crippen LogP contribution in [0.3, 0.4) is 0 Å². The maximum absolute atomic E-state index is 12.3. The molecule has 1 N–H and O–H groups in total. The van der Waals surface area contributed by atoms with Crippen molar-refractivity contribution in [3.05, 3.63) is 64.7 Å². The van der Waals surface area contributed by atoms with Gasteiger partial charge in [0.05, 0.1) is 0 Å². The molecule has 2 aromatic rings. The van der Waals surface area contributed by atoms with Gasteiger partial charge < -0.3 is 10.2 Å². The molecule has 0 spiro atoms. The Hall–Kier alpha value is -2.33. The van der Waals surface area contributed by atoms with Gasteiger partial charge in [-0.3, -0.25) is 9.59 Å². The number of nitrogens with one attached hydrogen (secondary N) is 1. The minimum absolute atomic E-state index is 0.0781. The first-order chi connectivity index (χ1) is 12.7. The highest BCUT2D eigenvalue weighted by molar-refractivity contribution is 6.31. The van der Waals surface area contributed by atoms with E-state index in [2.05, 4.69) is 26.1 Å². The first-order valence-electron chi connectivity index (χ1n) is 9.08. The summed E-state index contributed by atoms with van der Waals surface area (Å²) in [5.41, 5.74) is 2.71. The molecule has 27 heavy (non-hydrogen) atoms. The maximum atomic E-state index is 12.3. The van der Waals surface area contributed by atoms with Crippen molar-refractivity contribution in [3.63, 3.8) is 0 Å². The summed E-state index contributed by atoms with van der Waals surface area (Å²) in [6.45, 7) is 8.57. The van der Waals surface area contributed by atoms with Crippen molar-refractivity contribution in [2.75, 3.05) is 11.4 Å².